The van der Waals surface area contributed by atoms with Gasteiger partial charge < -0.3 is 35.3 Å². The summed E-state index contributed by atoms with van der Waals surface area (Å²) in [6.45, 7) is 6.93. The molecule has 5 fully saturated rings. The third kappa shape index (κ3) is 11.0. The standard InChI is InChI=1S/C49H62N8O6/c58-45(50-21-11-16-34-14-3-1-4-15-34)40-28-36(30-42(51-40)47(60)56-26-12-19-38(56)32-54-22-7-8-23-54)37-29-41(46(59)53-44(49(62)63)35-17-5-2-6-18-35)52-43(31-37)48(61)57-27-13-20-39(57)33-55-24-9-10-25-55/h1,3-4,11,14-16,28-31,35,38-39,44H,2,5-10,12-13,17-27,32-33H2,(H,50,58)(H,53,59)(H,62,63)/b16-11+. The first-order chi connectivity index (χ1) is 30.7. The predicted molar refractivity (Wildman–Crippen MR) is 240 cm³/mol. The fourth-order valence-electron chi connectivity index (χ4n) is 10.3. The number of nitrogens with zero attached hydrogens (tertiary/aromatic N) is 6. The van der Waals surface area contributed by atoms with Gasteiger partial charge in [0.1, 0.15) is 28.8 Å². The van der Waals surface area contributed by atoms with Crippen LogP contribution in [0.5, 0.6) is 0 Å². The van der Waals surface area contributed by atoms with Crippen LogP contribution in [0.15, 0.2) is 60.7 Å². The molecule has 5 aliphatic rings. The summed E-state index contributed by atoms with van der Waals surface area (Å²) in [5.74, 6) is -3.11. The molecular formula is C49H62N8O6. The Hall–Kier alpha value is -5.47. The van der Waals surface area contributed by atoms with Crippen LogP contribution in [0.4, 0.5) is 0 Å². The second-order valence-electron chi connectivity index (χ2n) is 18.1. The van der Waals surface area contributed by atoms with Gasteiger partial charge in [-0.3, -0.25) is 19.2 Å². The number of aliphatic carboxylic acids is 1. The fraction of sp³-hybridized carbons (Fsp3) is 0.531. The summed E-state index contributed by atoms with van der Waals surface area (Å²) < 4.78 is 0. The number of likely N-dealkylation sites (tertiary alicyclic amines) is 4. The lowest BCUT2D eigenvalue weighted by atomic mass is 9.84. The van der Waals surface area contributed by atoms with Gasteiger partial charge in [0, 0.05) is 44.8 Å². The lowest BCUT2D eigenvalue weighted by Gasteiger charge is -2.29. The molecule has 1 aliphatic carbocycles. The smallest absolute Gasteiger partial charge is 0.326 e. The molecule has 14 nitrogen and oxygen atoms in total. The van der Waals surface area contributed by atoms with Crippen LogP contribution in [0.3, 0.4) is 0 Å². The van der Waals surface area contributed by atoms with Crippen LogP contribution in [-0.4, -0.2) is 141 Å². The number of aromatic nitrogens is 2. The van der Waals surface area contributed by atoms with Crippen LogP contribution in [-0.2, 0) is 4.79 Å². The molecule has 14 heteroatoms. The molecule has 1 aromatic carbocycles. The van der Waals surface area contributed by atoms with Gasteiger partial charge in [-0.25, -0.2) is 14.8 Å². The molecule has 1 saturated carbocycles. The average Bonchev–Trinajstić information content (AvgIpc) is 4.17. The number of nitrogens with one attached hydrogen (secondary N) is 2. The average molecular weight is 859 g/mol. The van der Waals surface area contributed by atoms with Crippen molar-refractivity contribution in [2.24, 2.45) is 5.92 Å². The minimum absolute atomic E-state index is 0.00798. The van der Waals surface area contributed by atoms with Crippen molar-refractivity contribution in [1.29, 1.82) is 0 Å². The van der Waals surface area contributed by atoms with E-state index >= 15 is 0 Å². The molecule has 334 valence electrons. The van der Waals surface area contributed by atoms with Crippen molar-refractivity contribution in [3.63, 3.8) is 0 Å². The Kier molecular flexibility index (Phi) is 14.6. The summed E-state index contributed by atoms with van der Waals surface area (Å²) >= 11 is 0. The van der Waals surface area contributed by atoms with E-state index in [2.05, 4.69) is 30.4 Å². The van der Waals surface area contributed by atoms with Crippen molar-refractivity contribution in [3.8, 4) is 11.1 Å². The third-order valence-electron chi connectivity index (χ3n) is 13.7. The number of hydrogen-bond donors (Lipinski definition) is 3. The second kappa shape index (κ2) is 20.8. The third-order valence-corrected chi connectivity index (χ3v) is 13.7. The zero-order valence-electron chi connectivity index (χ0n) is 36.4. The summed E-state index contributed by atoms with van der Waals surface area (Å²) in [5, 5.41) is 16.0. The largest absolute Gasteiger partial charge is 0.480 e. The van der Waals surface area contributed by atoms with Crippen molar-refractivity contribution in [2.45, 2.75) is 102 Å². The lowest BCUT2D eigenvalue weighted by Crippen LogP contribution is -2.47. The highest BCUT2D eigenvalue weighted by Crippen LogP contribution is 2.30. The molecule has 63 heavy (non-hydrogen) atoms. The number of pyridine rings is 2. The predicted octanol–water partition coefficient (Wildman–Crippen LogP) is 5.75. The summed E-state index contributed by atoms with van der Waals surface area (Å²) in [5.41, 5.74) is 1.83. The number of carbonyl (C=O) groups excluding carboxylic acids is 4. The van der Waals surface area contributed by atoms with Gasteiger partial charge in [-0.15, -0.1) is 0 Å². The normalized spacial score (nSPS) is 21.6. The Labute approximate surface area is 370 Å². The molecular weight excluding hydrogens is 797 g/mol. The van der Waals surface area contributed by atoms with Crippen molar-refractivity contribution < 1.29 is 29.1 Å². The van der Waals surface area contributed by atoms with Gasteiger partial charge >= 0.3 is 5.97 Å². The van der Waals surface area contributed by atoms with E-state index < -0.39 is 23.8 Å². The Balaban J connectivity index is 1.15. The van der Waals surface area contributed by atoms with E-state index in [-0.39, 0.29) is 59.1 Å². The number of carboxylic acids is 1. The van der Waals surface area contributed by atoms with Crippen molar-refractivity contribution >= 4 is 35.7 Å². The Morgan fingerprint density at radius 3 is 1.65 bits per heavy atom. The van der Waals surface area contributed by atoms with Gasteiger partial charge in [-0.2, -0.15) is 0 Å². The van der Waals surface area contributed by atoms with Crippen molar-refractivity contribution in [1.82, 2.24) is 40.2 Å². The molecule has 4 saturated heterocycles. The molecule has 3 atom stereocenters. The maximum atomic E-state index is 14.6. The molecule has 3 aromatic rings. The van der Waals surface area contributed by atoms with Gasteiger partial charge in [-0.1, -0.05) is 61.7 Å². The first-order valence-corrected chi connectivity index (χ1v) is 23.3. The fourth-order valence-corrected chi connectivity index (χ4v) is 10.3. The number of carboxylic acid groups (broad SMARTS) is 1. The van der Waals surface area contributed by atoms with Crippen molar-refractivity contribution in [2.75, 3.05) is 58.9 Å². The van der Waals surface area contributed by atoms with Gasteiger partial charge in [0.25, 0.3) is 23.6 Å². The molecule has 2 aromatic heterocycles. The van der Waals surface area contributed by atoms with Crippen LogP contribution in [0.1, 0.15) is 131 Å². The number of rotatable bonds is 15. The minimum Gasteiger partial charge on any atom is -0.480 e. The van der Waals surface area contributed by atoms with E-state index in [0.717, 1.165) is 115 Å². The number of carbonyl (C=O) groups is 5. The van der Waals surface area contributed by atoms with Crippen LogP contribution in [0.2, 0.25) is 0 Å². The van der Waals surface area contributed by atoms with Crippen molar-refractivity contribution in [3.05, 3.63) is 89.0 Å². The Bertz CT molecular complexity index is 2150. The van der Waals surface area contributed by atoms with E-state index in [9.17, 15) is 29.1 Å². The van der Waals surface area contributed by atoms with Crippen LogP contribution in [0.25, 0.3) is 17.2 Å². The molecule has 4 aliphatic heterocycles. The molecule has 3 N–H and O–H groups in total. The summed E-state index contributed by atoms with van der Waals surface area (Å²) in [7, 11) is 0. The van der Waals surface area contributed by atoms with Crippen LogP contribution >= 0.6 is 0 Å². The zero-order chi connectivity index (χ0) is 43.7. The summed E-state index contributed by atoms with van der Waals surface area (Å²) in [6, 6.07) is 15.0. The first kappa shape index (κ1) is 44.1. The highest BCUT2D eigenvalue weighted by Gasteiger charge is 2.36. The van der Waals surface area contributed by atoms with E-state index in [1.807, 2.05) is 52.3 Å². The van der Waals surface area contributed by atoms with Gasteiger partial charge in [0.2, 0.25) is 0 Å². The lowest BCUT2D eigenvalue weighted by molar-refractivity contribution is -0.141. The van der Waals surface area contributed by atoms with E-state index in [4.69, 9.17) is 0 Å². The topological polar surface area (TPSA) is 168 Å². The maximum absolute atomic E-state index is 14.6. The molecule has 0 spiro atoms. The molecule has 0 radical (unpaired) electrons. The summed E-state index contributed by atoms with van der Waals surface area (Å²) in [4.78, 5) is 87.7. The Morgan fingerprint density at radius 1 is 0.619 bits per heavy atom. The van der Waals surface area contributed by atoms with Crippen LogP contribution < -0.4 is 10.6 Å². The molecule has 3 unspecified atom stereocenters. The first-order valence-electron chi connectivity index (χ1n) is 23.3. The highest BCUT2D eigenvalue weighted by molar-refractivity contribution is 6.01. The monoisotopic (exact) mass is 858 g/mol. The maximum Gasteiger partial charge on any atom is 0.326 e. The number of hydrogen-bond acceptors (Lipinski definition) is 9. The zero-order valence-corrected chi connectivity index (χ0v) is 36.4. The molecule has 4 amide bonds. The number of amides is 4. The molecule has 0 bridgehead atoms. The molecule has 8 rings (SSSR count). The number of benzene rings is 1. The highest BCUT2D eigenvalue weighted by atomic mass is 16.4. The SMILES string of the molecule is O=C(NC/C=C/c1ccccc1)c1cc(-c2cc(C(=O)NC(C(=O)O)C3CCCCC3)nc(C(=O)N3CCCC3CN3CCCC3)c2)cc(C(=O)N2CCCC2CN2CCCC2)n1. The summed E-state index contributed by atoms with van der Waals surface area (Å²) in [6.07, 6.45) is 16.0. The van der Waals surface area contributed by atoms with E-state index in [1.54, 1.807) is 18.2 Å². The van der Waals surface area contributed by atoms with E-state index in [0.29, 0.717) is 37.1 Å². The van der Waals surface area contributed by atoms with Gasteiger partial charge in [0.05, 0.1) is 0 Å². The molecule has 6 heterocycles. The minimum atomic E-state index is -1.11. The van der Waals surface area contributed by atoms with Crippen LogP contribution in [0, 0.1) is 5.92 Å². The quantitative estimate of drug-likeness (QED) is 0.171. The second-order valence-corrected chi connectivity index (χ2v) is 18.1. The Morgan fingerprint density at radius 2 is 1.13 bits per heavy atom. The van der Waals surface area contributed by atoms with Gasteiger partial charge in [-0.05, 0) is 137 Å². The van der Waals surface area contributed by atoms with E-state index in [1.165, 1.54) is 6.07 Å². The van der Waals surface area contributed by atoms with Gasteiger partial charge in [0.15, 0.2) is 0 Å².